The Kier molecular flexibility index (Phi) is 5.87. The van der Waals surface area contributed by atoms with Gasteiger partial charge in [0.05, 0.1) is 4.88 Å². The molecular weight excluding hydrogens is 404 g/mol. The Hall–Kier alpha value is -2.57. The highest BCUT2D eigenvalue weighted by Crippen LogP contribution is 2.30. The molecule has 6 heteroatoms. The van der Waals surface area contributed by atoms with Crippen LogP contribution in [0.3, 0.4) is 0 Å². The summed E-state index contributed by atoms with van der Waals surface area (Å²) in [5, 5.41) is 10.3. The second-order valence-corrected chi connectivity index (χ2v) is 9.03. The molecule has 0 radical (unpaired) electrons. The minimum absolute atomic E-state index is 0.0606. The number of aliphatic carboxylic acids is 1. The minimum Gasteiger partial charge on any atom is -0.478 e. The highest BCUT2D eigenvalue weighted by Gasteiger charge is 2.30. The number of carboxylic acid groups (broad SMARTS) is 1. The van der Waals surface area contributed by atoms with Crippen molar-refractivity contribution in [3.8, 4) is 5.75 Å². The van der Waals surface area contributed by atoms with Crippen molar-refractivity contribution >= 4 is 51.9 Å². The molecule has 2 aromatic carbocycles. The molecule has 1 N–H and O–H groups in total. The number of carbonyl (C=O) groups excluding carboxylic acids is 1. The lowest BCUT2D eigenvalue weighted by Gasteiger charge is -2.24. The molecule has 0 saturated heterocycles. The monoisotopic (exact) mass is 426 g/mol. The van der Waals surface area contributed by atoms with E-state index in [4.69, 9.17) is 4.74 Å². The Morgan fingerprint density at radius 2 is 1.76 bits per heavy atom. The Bertz CT molecular complexity index is 1120. The summed E-state index contributed by atoms with van der Waals surface area (Å²) in [5.74, 6) is -0.540. The molecule has 0 aliphatic heterocycles. The van der Waals surface area contributed by atoms with Crippen LogP contribution < -0.4 is 4.74 Å². The summed E-state index contributed by atoms with van der Waals surface area (Å²) in [5.41, 5.74) is 1.16. The molecule has 4 nitrogen and oxygen atoms in total. The molecule has 29 heavy (non-hydrogen) atoms. The van der Waals surface area contributed by atoms with Crippen molar-refractivity contribution in [1.82, 2.24) is 0 Å². The zero-order valence-electron chi connectivity index (χ0n) is 16.6. The molecule has 0 fully saturated rings. The van der Waals surface area contributed by atoms with Crippen LogP contribution in [0.1, 0.15) is 40.2 Å². The van der Waals surface area contributed by atoms with E-state index >= 15 is 0 Å². The first kappa shape index (κ1) is 21.1. The van der Waals surface area contributed by atoms with Gasteiger partial charge in [-0.1, -0.05) is 12.1 Å². The van der Waals surface area contributed by atoms with Crippen molar-refractivity contribution in [2.45, 2.75) is 38.2 Å². The molecule has 0 aliphatic rings. The van der Waals surface area contributed by atoms with Gasteiger partial charge in [-0.15, -0.1) is 24.0 Å². The summed E-state index contributed by atoms with van der Waals surface area (Å²) >= 11 is 5.79. The normalized spacial score (nSPS) is 11.9. The van der Waals surface area contributed by atoms with Gasteiger partial charge in [-0.2, -0.15) is 0 Å². The Balaban J connectivity index is 1.82. The van der Waals surface area contributed by atoms with E-state index in [-0.39, 0.29) is 5.78 Å². The predicted molar refractivity (Wildman–Crippen MR) is 121 cm³/mol. The predicted octanol–water partition coefficient (Wildman–Crippen LogP) is 5.94. The number of carbonyl (C=O) groups is 2. The fourth-order valence-electron chi connectivity index (χ4n) is 2.94. The van der Waals surface area contributed by atoms with Crippen LogP contribution in [-0.2, 0) is 4.79 Å². The highest BCUT2D eigenvalue weighted by atomic mass is 32.1. The lowest BCUT2D eigenvalue weighted by Crippen LogP contribution is -2.38. The van der Waals surface area contributed by atoms with Gasteiger partial charge < -0.3 is 9.84 Å². The molecule has 0 amide bonds. The van der Waals surface area contributed by atoms with Crippen molar-refractivity contribution in [3.05, 3.63) is 64.0 Å². The first-order chi connectivity index (χ1) is 13.6. The molecular formula is C23H22O4S2. The second-order valence-electron chi connectivity index (χ2n) is 7.43. The fraction of sp³-hybridized carbons (Fsp3) is 0.217. The fourth-order valence-corrected chi connectivity index (χ4v) is 4.25. The maximum atomic E-state index is 12.6. The molecule has 1 heterocycles. The first-order valence-electron chi connectivity index (χ1n) is 9.05. The van der Waals surface area contributed by atoms with E-state index < -0.39 is 11.6 Å². The highest BCUT2D eigenvalue weighted by molar-refractivity contribution is 7.80. The molecule has 150 valence electrons. The number of allylic oxidation sites excluding steroid dienone is 1. The van der Waals surface area contributed by atoms with Crippen molar-refractivity contribution in [1.29, 1.82) is 0 Å². The maximum absolute atomic E-state index is 12.6. The minimum atomic E-state index is -1.32. The van der Waals surface area contributed by atoms with Crippen LogP contribution in [0.4, 0.5) is 0 Å². The second kappa shape index (κ2) is 8.05. The first-order valence-corrected chi connectivity index (χ1v) is 10.3. The average Bonchev–Trinajstić information content (AvgIpc) is 3.05. The van der Waals surface area contributed by atoms with Gasteiger partial charge in [-0.25, -0.2) is 4.79 Å². The molecule has 0 aliphatic carbocycles. The lowest BCUT2D eigenvalue weighted by molar-refractivity contribution is -0.152. The van der Waals surface area contributed by atoms with Gasteiger partial charge in [0.15, 0.2) is 11.4 Å². The average molecular weight is 427 g/mol. The zero-order chi connectivity index (χ0) is 21.3. The van der Waals surface area contributed by atoms with E-state index in [1.165, 1.54) is 25.2 Å². The third-order valence-corrected chi connectivity index (χ3v) is 5.92. The molecule has 0 atom stereocenters. The third-order valence-electron chi connectivity index (χ3n) is 4.53. The van der Waals surface area contributed by atoms with Crippen LogP contribution in [0, 0.1) is 13.8 Å². The largest absolute Gasteiger partial charge is 0.478 e. The van der Waals surface area contributed by atoms with E-state index in [2.05, 4.69) is 12.6 Å². The quantitative estimate of drug-likeness (QED) is 0.291. The number of thiophene rings is 1. The summed E-state index contributed by atoms with van der Waals surface area (Å²) in [6.07, 6.45) is 3.32. The molecule has 3 rings (SSSR count). The van der Waals surface area contributed by atoms with E-state index in [1.807, 2.05) is 50.2 Å². The van der Waals surface area contributed by atoms with Gasteiger partial charge in [0.25, 0.3) is 0 Å². The number of rotatable bonds is 6. The van der Waals surface area contributed by atoms with Gasteiger partial charge in [0.1, 0.15) is 5.75 Å². The molecule has 3 aromatic rings. The lowest BCUT2D eigenvalue weighted by atomic mass is 10.0. The number of aryl methyl sites for hydroxylation is 2. The number of carboxylic acids is 1. The summed E-state index contributed by atoms with van der Waals surface area (Å²) in [7, 11) is 0. The summed E-state index contributed by atoms with van der Waals surface area (Å²) < 4.78 is 6.75. The maximum Gasteiger partial charge on any atom is 0.347 e. The molecule has 0 unspecified atom stereocenters. The van der Waals surface area contributed by atoms with E-state index in [0.717, 1.165) is 31.7 Å². The van der Waals surface area contributed by atoms with Crippen molar-refractivity contribution < 1.29 is 19.4 Å². The van der Waals surface area contributed by atoms with Crippen LogP contribution in [0.15, 0.2) is 47.4 Å². The van der Waals surface area contributed by atoms with Crippen LogP contribution in [0.25, 0.3) is 16.2 Å². The third kappa shape index (κ3) is 4.71. The Labute approximate surface area is 179 Å². The van der Waals surface area contributed by atoms with E-state index in [1.54, 1.807) is 12.2 Å². The van der Waals surface area contributed by atoms with Gasteiger partial charge in [0, 0.05) is 9.60 Å². The van der Waals surface area contributed by atoms with Crippen molar-refractivity contribution in [2.75, 3.05) is 0 Å². The summed E-state index contributed by atoms with van der Waals surface area (Å²) in [6.45, 7) is 6.76. The number of ether oxygens (including phenoxy) is 1. The van der Waals surface area contributed by atoms with E-state index in [9.17, 15) is 14.7 Å². The van der Waals surface area contributed by atoms with Crippen LogP contribution in [-0.4, -0.2) is 22.5 Å². The van der Waals surface area contributed by atoms with E-state index in [0.29, 0.717) is 10.6 Å². The van der Waals surface area contributed by atoms with Crippen molar-refractivity contribution in [3.63, 3.8) is 0 Å². The Morgan fingerprint density at radius 3 is 2.38 bits per heavy atom. The summed E-state index contributed by atoms with van der Waals surface area (Å²) in [6, 6.07) is 11.5. The SMILES string of the molecule is Cc1cc(/C=C/C(=O)c2cc3ccc(S)cc3s2)cc(C)c1OC(C)(C)C(=O)O. The van der Waals surface area contributed by atoms with Crippen LogP contribution in [0.5, 0.6) is 5.75 Å². The topological polar surface area (TPSA) is 63.6 Å². The molecule has 0 spiro atoms. The smallest absolute Gasteiger partial charge is 0.347 e. The number of ketones is 1. The molecule has 0 bridgehead atoms. The number of hydrogen-bond acceptors (Lipinski definition) is 5. The standard InChI is InChI=1S/C23H22O4S2/c1-13-9-15(10-14(2)21(13)27-23(3,4)22(25)26)5-8-18(24)20-11-16-6-7-17(28)12-19(16)29-20/h5-12,28H,1-4H3,(H,25,26)/b8-5+. The van der Waals surface area contributed by atoms with Gasteiger partial charge in [-0.05, 0) is 86.2 Å². The zero-order valence-corrected chi connectivity index (χ0v) is 18.4. The number of hydrogen-bond donors (Lipinski definition) is 2. The van der Waals surface area contributed by atoms with Gasteiger partial charge in [-0.3, -0.25) is 4.79 Å². The molecule has 0 saturated carbocycles. The van der Waals surface area contributed by atoms with Crippen molar-refractivity contribution in [2.24, 2.45) is 0 Å². The Morgan fingerprint density at radius 1 is 1.10 bits per heavy atom. The van der Waals surface area contributed by atoms with Gasteiger partial charge >= 0.3 is 5.97 Å². The van der Waals surface area contributed by atoms with Crippen LogP contribution >= 0.6 is 24.0 Å². The number of benzene rings is 2. The van der Waals surface area contributed by atoms with Crippen LogP contribution in [0.2, 0.25) is 0 Å². The number of fused-ring (bicyclic) bond motifs is 1. The van der Waals surface area contributed by atoms with Gasteiger partial charge in [0.2, 0.25) is 0 Å². The number of thiol groups is 1. The summed E-state index contributed by atoms with van der Waals surface area (Å²) in [4.78, 5) is 25.5. The molecule has 1 aromatic heterocycles.